The van der Waals surface area contributed by atoms with E-state index in [4.69, 9.17) is 37.9 Å². The number of Topliss-reactive ketones (excluding diaryl/α,β-unsaturated/α-hetero) is 1. The van der Waals surface area contributed by atoms with Crippen LogP contribution in [0, 0.1) is 47.3 Å². The van der Waals surface area contributed by atoms with Crippen LogP contribution in [0.15, 0.2) is 11.6 Å². The molecule has 60 heavy (non-hydrogen) atoms. The quantitative estimate of drug-likeness (QED) is 0.169. The smallest absolute Gasteiger partial charge is 0.306 e. The lowest BCUT2D eigenvalue weighted by atomic mass is 9.76. The molecule has 13 nitrogen and oxygen atoms in total. The lowest BCUT2D eigenvalue weighted by Crippen LogP contribution is -2.63. The summed E-state index contributed by atoms with van der Waals surface area (Å²) in [5, 5.41) is 32.2. The summed E-state index contributed by atoms with van der Waals surface area (Å²) in [7, 11) is 1.72. The van der Waals surface area contributed by atoms with Gasteiger partial charge in [0.2, 0.25) is 0 Å². The summed E-state index contributed by atoms with van der Waals surface area (Å²) >= 11 is 0. The van der Waals surface area contributed by atoms with E-state index in [0.29, 0.717) is 44.1 Å². The molecule has 6 aliphatic heterocycles. The van der Waals surface area contributed by atoms with Gasteiger partial charge in [-0.25, -0.2) is 0 Å². The number of aliphatic hydroxyl groups is 2. The van der Waals surface area contributed by atoms with Gasteiger partial charge in [0.1, 0.15) is 0 Å². The highest BCUT2D eigenvalue weighted by atomic mass is 16.8. The molecule has 6 saturated heterocycles. The number of rotatable bonds is 12. The molecule has 0 unspecified atom stereocenters. The average molecular weight is 851 g/mol. The van der Waals surface area contributed by atoms with Gasteiger partial charge in [-0.3, -0.25) is 9.59 Å². The molecule has 0 aromatic carbocycles. The van der Waals surface area contributed by atoms with Crippen LogP contribution in [0.25, 0.3) is 0 Å². The molecular formula is C47H78O13. The van der Waals surface area contributed by atoms with Gasteiger partial charge < -0.3 is 53.2 Å². The summed E-state index contributed by atoms with van der Waals surface area (Å²) in [5.41, 5.74) is -0.280. The third-order valence-electron chi connectivity index (χ3n) is 15.8. The Morgan fingerprint density at radius 3 is 2.23 bits per heavy atom. The Labute approximate surface area is 358 Å². The monoisotopic (exact) mass is 851 g/mol. The zero-order chi connectivity index (χ0) is 44.3. The molecule has 3 N–H and O–H groups in total. The Morgan fingerprint density at radius 2 is 1.58 bits per heavy atom. The third kappa shape index (κ3) is 9.47. The highest BCUT2D eigenvalue weighted by Gasteiger charge is 2.65. The standard InChI is InChI=1S/C47H78O13/c1-24(40(49)25(2)19-28(5)43(50)51)18-26(3)41-31(8)34(48)23-46(59-41)17-16-44(11,60-46)38-22-36(55-39-15-14-35(53-13)33(10)54-39)32(9)47(57-38)30(7)21-37(56-47)42-27(4)20-29(6)45(12,52)58-42/h18,25-39,41-42,48,52H,14-17,19-23H2,1-13H3,(H,50,51)/t25-,26+,27-,28+,29-,30-,31-,32-,33+,34-,35+,36+,37-,38-,39-,41-,42-,44+,45-,46+,47-/m0/s1. The maximum absolute atomic E-state index is 13.4. The molecule has 0 saturated carbocycles. The molecule has 0 amide bonds. The average Bonchev–Trinajstić information content (AvgIpc) is 3.68. The number of ether oxygens (including phenoxy) is 8. The number of hydrogen-bond acceptors (Lipinski definition) is 12. The van der Waals surface area contributed by atoms with Gasteiger partial charge in [-0.05, 0) is 71.3 Å². The minimum absolute atomic E-state index is 0.00518. The van der Waals surface area contributed by atoms with Gasteiger partial charge in [-0.15, -0.1) is 0 Å². The van der Waals surface area contributed by atoms with E-state index in [0.717, 1.165) is 12.8 Å². The predicted molar refractivity (Wildman–Crippen MR) is 222 cm³/mol. The van der Waals surface area contributed by atoms with E-state index in [-0.39, 0.29) is 78.2 Å². The number of ketones is 1. The van der Waals surface area contributed by atoms with E-state index in [2.05, 4.69) is 27.7 Å². The summed E-state index contributed by atoms with van der Waals surface area (Å²) < 4.78 is 54.1. The topological polar surface area (TPSA) is 169 Å². The zero-order valence-electron chi connectivity index (χ0n) is 38.7. The molecule has 0 radical (unpaired) electrons. The first-order chi connectivity index (χ1) is 27.9. The number of aliphatic hydroxyl groups excluding tert-OH is 1. The number of aliphatic carboxylic acids is 1. The van der Waals surface area contributed by atoms with E-state index >= 15 is 0 Å². The Bertz CT molecular complexity index is 1550. The van der Waals surface area contributed by atoms with Crippen molar-refractivity contribution in [2.45, 2.75) is 219 Å². The number of allylic oxidation sites excluding steroid dienone is 1. The van der Waals surface area contributed by atoms with Gasteiger partial charge in [0.25, 0.3) is 0 Å². The van der Waals surface area contributed by atoms with Crippen LogP contribution in [0.4, 0.5) is 0 Å². The summed E-state index contributed by atoms with van der Waals surface area (Å²) in [5.74, 6) is -5.99. The molecule has 0 aromatic rings. The SMILES string of the molecule is CO[C@@H]1CC[C@H](O[C@@H]2C[C@@H]([C@@]3(C)CC[C@]4(C[C@H](O)[C@H](C)[C@H]([C@H](C)C=C(C)C(=O)[C@@H](C)C[C@@H](C)C(=O)O)O4)O3)O[C@]3(O[C@H]([C@H]4O[C@](C)(O)[C@@H](C)C[C@@H]4C)C[C@@H]3C)[C@H]2C)O[C@@H]1C. The molecule has 2 spiro atoms. The van der Waals surface area contributed by atoms with Crippen LogP contribution in [0.3, 0.4) is 0 Å². The second-order valence-electron chi connectivity index (χ2n) is 20.7. The summed E-state index contributed by atoms with van der Waals surface area (Å²) in [6.07, 6.45) is 4.09. The van der Waals surface area contributed by atoms with Crippen molar-refractivity contribution in [3.8, 4) is 0 Å². The maximum Gasteiger partial charge on any atom is 0.306 e. The molecule has 6 rings (SSSR count). The minimum atomic E-state index is -1.26. The number of carbonyl (C=O) groups excluding carboxylic acids is 1. The Hall–Kier alpha value is -1.52. The number of carbonyl (C=O) groups is 2. The van der Waals surface area contributed by atoms with Crippen molar-refractivity contribution in [2.75, 3.05) is 7.11 Å². The van der Waals surface area contributed by atoms with Crippen LogP contribution in [-0.4, -0.2) is 112 Å². The van der Waals surface area contributed by atoms with E-state index < -0.39 is 65.4 Å². The fourth-order valence-corrected chi connectivity index (χ4v) is 11.6. The molecule has 13 heteroatoms. The van der Waals surface area contributed by atoms with Crippen molar-refractivity contribution in [3.63, 3.8) is 0 Å². The van der Waals surface area contributed by atoms with Crippen molar-refractivity contribution in [2.24, 2.45) is 47.3 Å². The summed E-state index contributed by atoms with van der Waals surface area (Å²) in [6, 6.07) is 0. The van der Waals surface area contributed by atoms with Gasteiger partial charge >= 0.3 is 5.97 Å². The van der Waals surface area contributed by atoms with Crippen LogP contribution < -0.4 is 0 Å². The molecular weight excluding hydrogens is 773 g/mol. The first-order valence-electron chi connectivity index (χ1n) is 23.1. The predicted octanol–water partition coefficient (Wildman–Crippen LogP) is 7.18. The third-order valence-corrected chi connectivity index (χ3v) is 15.8. The number of carboxylic acids is 1. The highest BCUT2D eigenvalue weighted by Crippen LogP contribution is 2.56. The largest absolute Gasteiger partial charge is 0.481 e. The number of hydrogen-bond donors (Lipinski definition) is 3. The summed E-state index contributed by atoms with van der Waals surface area (Å²) in [6.45, 7) is 23.5. The van der Waals surface area contributed by atoms with E-state index in [9.17, 15) is 24.9 Å². The van der Waals surface area contributed by atoms with Crippen LogP contribution in [0.5, 0.6) is 0 Å². The molecule has 6 heterocycles. The van der Waals surface area contributed by atoms with Crippen molar-refractivity contribution in [1.82, 2.24) is 0 Å². The lowest BCUT2D eigenvalue weighted by molar-refractivity contribution is -0.389. The molecule has 0 aliphatic carbocycles. The summed E-state index contributed by atoms with van der Waals surface area (Å²) in [4.78, 5) is 24.8. The van der Waals surface area contributed by atoms with Crippen LogP contribution in [0.2, 0.25) is 0 Å². The van der Waals surface area contributed by atoms with E-state index in [1.165, 1.54) is 0 Å². The normalized spacial score (nSPS) is 49.2. The lowest BCUT2D eigenvalue weighted by Gasteiger charge is -2.54. The number of carboxylic acid groups (broad SMARTS) is 1. The maximum atomic E-state index is 13.4. The first-order valence-corrected chi connectivity index (χ1v) is 23.1. The van der Waals surface area contributed by atoms with Crippen LogP contribution in [-0.2, 0) is 47.5 Å². The Balaban J connectivity index is 1.24. The van der Waals surface area contributed by atoms with Gasteiger partial charge in [0.15, 0.2) is 29.4 Å². The second kappa shape index (κ2) is 18.2. The van der Waals surface area contributed by atoms with Gasteiger partial charge in [0, 0.05) is 68.3 Å². The first kappa shape index (κ1) is 47.9. The molecule has 0 aromatic heterocycles. The zero-order valence-corrected chi connectivity index (χ0v) is 38.7. The second-order valence-corrected chi connectivity index (χ2v) is 20.7. The van der Waals surface area contributed by atoms with Crippen LogP contribution >= 0.6 is 0 Å². The van der Waals surface area contributed by atoms with Crippen molar-refractivity contribution < 1.29 is 62.8 Å². The molecule has 0 bridgehead atoms. The van der Waals surface area contributed by atoms with Gasteiger partial charge in [0.05, 0.1) is 60.4 Å². The van der Waals surface area contributed by atoms with Crippen molar-refractivity contribution >= 4 is 11.8 Å². The minimum Gasteiger partial charge on any atom is -0.481 e. The molecule has 6 fully saturated rings. The number of methoxy groups -OCH3 is 1. The highest BCUT2D eigenvalue weighted by molar-refractivity contribution is 5.96. The Kier molecular flexibility index (Phi) is 14.5. The molecule has 6 aliphatic rings. The van der Waals surface area contributed by atoms with E-state index in [1.807, 2.05) is 33.8 Å². The fourth-order valence-electron chi connectivity index (χ4n) is 11.6. The Morgan fingerprint density at radius 1 is 0.883 bits per heavy atom. The van der Waals surface area contributed by atoms with Crippen molar-refractivity contribution in [1.29, 1.82) is 0 Å². The molecule has 344 valence electrons. The van der Waals surface area contributed by atoms with Gasteiger partial charge in [-0.2, -0.15) is 0 Å². The van der Waals surface area contributed by atoms with Crippen LogP contribution in [0.1, 0.15) is 141 Å². The molecule has 21 atom stereocenters. The van der Waals surface area contributed by atoms with Gasteiger partial charge in [-0.1, -0.05) is 61.5 Å². The van der Waals surface area contributed by atoms with Crippen molar-refractivity contribution in [3.05, 3.63) is 11.6 Å². The fraction of sp³-hybridized carbons (Fsp3) is 0.915. The van der Waals surface area contributed by atoms with E-state index in [1.54, 1.807) is 34.8 Å².